The molecule has 0 bridgehead atoms. The van der Waals surface area contributed by atoms with E-state index in [1.807, 2.05) is 14.1 Å². The van der Waals surface area contributed by atoms with Crippen molar-refractivity contribution in [2.24, 2.45) is 5.73 Å². The van der Waals surface area contributed by atoms with Gasteiger partial charge in [0.15, 0.2) is 0 Å². The number of rotatable bonds is 8. The van der Waals surface area contributed by atoms with Crippen LogP contribution >= 0.6 is 11.6 Å². The van der Waals surface area contributed by atoms with Crippen LogP contribution < -0.4 is 10.5 Å². The van der Waals surface area contributed by atoms with Crippen LogP contribution in [0.2, 0.25) is 5.02 Å². The summed E-state index contributed by atoms with van der Waals surface area (Å²) in [6.45, 7) is 1.68. The van der Waals surface area contributed by atoms with Crippen molar-refractivity contribution < 1.29 is 8.42 Å². The van der Waals surface area contributed by atoms with Gasteiger partial charge in [0.05, 0.1) is 5.02 Å². The van der Waals surface area contributed by atoms with Crippen molar-refractivity contribution in [2.45, 2.75) is 24.3 Å². The van der Waals surface area contributed by atoms with Gasteiger partial charge in [0.2, 0.25) is 10.0 Å². The molecule has 3 N–H and O–H groups in total. The van der Waals surface area contributed by atoms with Gasteiger partial charge >= 0.3 is 0 Å². The molecule has 0 spiro atoms. The molecule has 0 radical (unpaired) electrons. The second kappa shape index (κ2) is 7.95. The van der Waals surface area contributed by atoms with Gasteiger partial charge in [0, 0.05) is 13.1 Å². The molecule has 0 aliphatic rings. The minimum Gasteiger partial charge on any atom is -0.326 e. The van der Waals surface area contributed by atoms with Crippen molar-refractivity contribution >= 4 is 21.6 Å². The van der Waals surface area contributed by atoms with Crippen LogP contribution in [0.15, 0.2) is 23.1 Å². The number of nitrogens with one attached hydrogen (secondary N) is 1. The Kier molecular flexibility index (Phi) is 6.91. The Hall–Kier alpha value is -0.660. The summed E-state index contributed by atoms with van der Waals surface area (Å²) < 4.78 is 26.8. The molecule has 0 saturated carbocycles. The summed E-state index contributed by atoms with van der Waals surface area (Å²) >= 11 is 5.99. The first-order valence-electron chi connectivity index (χ1n) is 6.49. The third-order valence-corrected chi connectivity index (χ3v) is 4.79. The van der Waals surface area contributed by atoms with E-state index < -0.39 is 10.0 Å². The van der Waals surface area contributed by atoms with Crippen molar-refractivity contribution in [3.05, 3.63) is 28.8 Å². The molecular formula is C13H22ClN3O2S. The van der Waals surface area contributed by atoms with Crippen molar-refractivity contribution in [3.63, 3.8) is 0 Å². The van der Waals surface area contributed by atoms with Crippen LogP contribution in [0.4, 0.5) is 0 Å². The highest BCUT2D eigenvalue weighted by atomic mass is 35.5. The Labute approximate surface area is 126 Å². The van der Waals surface area contributed by atoms with Crippen LogP contribution in [0.1, 0.15) is 18.4 Å². The molecule has 0 heterocycles. The predicted octanol–water partition coefficient (Wildman–Crippen LogP) is 1.42. The second-order valence-corrected chi connectivity index (χ2v) is 7.02. The zero-order valence-corrected chi connectivity index (χ0v) is 13.5. The number of nitrogens with zero attached hydrogens (tertiary/aromatic N) is 1. The molecule has 20 heavy (non-hydrogen) atoms. The van der Waals surface area contributed by atoms with E-state index in [9.17, 15) is 8.42 Å². The Balaban J connectivity index is 2.60. The lowest BCUT2D eigenvalue weighted by atomic mass is 10.2. The van der Waals surface area contributed by atoms with Gasteiger partial charge in [0.25, 0.3) is 0 Å². The van der Waals surface area contributed by atoms with Crippen LogP contribution in [0, 0.1) is 0 Å². The summed E-state index contributed by atoms with van der Waals surface area (Å²) in [5.74, 6) is 0. The molecule has 0 fully saturated rings. The summed E-state index contributed by atoms with van der Waals surface area (Å²) in [4.78, 5) is 2.17. The third kappa shape index (κ3) is 5.38. The molecule has 1 aromatic carbocycles. The molecule has 114 valence electrons. The van der Waals surface area contributed by atoms with Crippen molar-refractivity contribution in [3.8, 4) is 0 Å². The lowest BCUT2D eigenvalue weighted by Crippen LogP contribution is -2.26. The van der Waals surface area contributed by atoms with Crippen molar-refractivity contribution in [2.75, 3.05) is 27.2 Å². The van der Waals surface area contributed by atoms with E-state index in [-0.39, 0.29) is 9.92 Å². The van der Waals surface area contributed by atoms with Crippen LogP contribution in [0.25, 0.3) is 0 Å². The lowest BCUT2D eigenvalue weighted by Gasteiger charge is -2.11. The molecule has 0 atom stereocenters. The van der Waals surface area contributed by atoms with Gasteiger partial charge in [-0.25, -0.2) is 13.1 Å². The third-order valence-electron chi connectivity index (χ3n) is 2.85. The monoisotopic (exact) mass is 319 g/mol. The molecule has 0 amide bonds. The topological polar surface area (TPSA) is 75.4 Å². The summed E-state index contributed by atoms with van der Waals surface area (Å²) in [6.07, 6.45) is 1.73. The number of sulfonamides is 1. The van der Waals surface area contributed by atoms with E-state index in [1.54, 1.807) is 12.1 Å². The number of halogens is 1. The average molecular weight is 320 g/mol. The highest BCUT2D eigenvalue weighted by Gasteiger charge is 2.17. The fourth-order valence-corrected chi connectivity index (χ4v) is 3.37. The molecule has 0 aliphatic heterocycles. The molecule has 7 heteroatoms. The number of hydrogen-bond acceptors (Lipinski definition) is 4. The highest BCUT2D eigenvalue weighted by Crippen LogP contribution is 2.22. The van der Waals surface area contributed by atoms with Gasteiger partial charge in [-0.2, -0.15) is 0 Å². The summed E-state index contributed by atoms with van der Waals surface area (Å²) in [7, 11) is 0.425. The van der Waals surface area contributed by atoms with Gasteiger partial charge in [-0.05, 0) is 51.2 Å². The molecule has 0 aromatic heterocycles. The average Bonchev–Trinajstić information content (AvgIpc) is 2.37. The highest BCUT2D eigenvalue weighted by molar-refractivity contribution is 7.89. The SMILES string of the molecule is CN(C)CCCCNS(=O)(=O)c1ccc(CN)cc1Cl. The zero-order chi connectivity index (χ0) is 15.2. The lowest BCUT2D eigenvalue weighted by molar-refractivity contribution is 0.394. The fraction of sp³-hybridized carbons (Fsp3) is 0.538. The molecule has 0 aliphatic carbocycles. The maximum atomic E-state index is 12.1. The Bertz CT molecular complexity index is 532. The van der Waals surface area contributed by atoms with E-state index in [1.165, 1.54) is 6.07 Å². The smallest absolute Gasteiger partial charge is 0.242 e. The van der Waals surface area contributed by atoms with Crippen LogP contribution in [0.3, 0.4) is 0 Å². The quantitative estimate of drug-likeness (QED) is 0.711. The molecule has 0 unspecified atom stereocenters. The first-order valence-corrected chi connectivity index (χ1v) is 8.36. The maximum Gasteiger partial charge on any atom is 0.242 e. The fourth-order valence-electron chi connectivity index (χ4n) is 1.73. The van der Waals surface area contributed by atoms with Crippen LogP contribution in [-0.2, 0) is 16.6 Å². The van der Waals surface area contributed by atoms with E-state index in [4.69, 9.17) is 17.3 Å². The molecule has 1 rings (SSSR count). The van der Waals surface area contributed by atoms with Crippen LogP contribution in [0.5, 0.6) is 0 Å². The Morgan fingerprint density at radius 3 is 2.55 bits per heavy atom. The van der Waals surface area contributed by atoms with E-state index >= 15 is 0 Å². The normalized spacial score (nSPS) is 12.1. The molecule has 5 nitrogen and oxygen atoms in total. The minimum atomic E-state index is -3.55. The van der Waals surface area contributed by atoms with E-state index in [2.05, 4.69) is 9.62 Å². The molecular weight excluding hydrogens is 298 g/mol. The van der Waals surface area contributed by atoms with Crippen molar-refractivity contribution in [1.29, 1.82) is 0 Å². The first-order chi connectivity index (χ1) is 9.36. The molecule has 0 saturated heterocycles. The number of hydrogen-bond donors (Lipinski definition) is 2. The van der Waals surface area contributed by atoms with Gasteiger partial charge in [-0.15, -0.1) is 0 Å². The number of unbranched alkanes of at least 4 members (excludes halogenated alkanes) is 1. The number of nitrogens with two attached hydrogens (primary N) is 1. The van der Waals surface area contributed by atoms with Gasteiger partial charge < -0.3 is 10.6 Å². The predicted molar refractivity (Wildman–Crippen MR) is 82.3 cm³/mol. The summed E-state index contributed by atoms with van der Waals surface area (Å²) in [6, 6.07) is 4.75. The standard InChI is InChI=1S/C13H22ClN3O2S/c1-17(2)8-4-3-7-16-20(18,19)13-6-5-11(10-15)9-12(13)14/h5-6,9,16H,3-4,7-8,10,15H2,1-2H3. The largest absolute Gasteiger partial charge is 0.326 e. The molecule has 1 aromatic rings. The van der Waals surface area contributed by atoms with Gasteiger partial charge in [-0.3, -0.25) is 0 Å². The van der Waals surface area contributed by atoms with E-state index in [0.29, 0.717) is 13.1 Å². The van der Waals surface area contributed by atoms with Gasteiger partial charge in [-0.1, -0.05) is 17.7 Å². The second-order valence-electron chi connectivity index (χ2n) is 4.88. The van der Waals surface area contributed by atoms with E-state index in [0.717, 1.165) is 24.9 Å². The van der Waals surface area contributed by atoms with Crippen LogP contribution in [-0.4, -0.2) is 40.5 Å². The Morgan fingerprint density at radius 1 is 1.30 bits per heavy atom. The Morgan fingerprint density at radius 2 is 2.00 bits per heavy atom. The summed E-state index contributed by atoms with van der Waals surface area (Å²) in [5.41, 5.74) is 6.29. The maximum absolute atomic E-state index is 12.1. The van der Waals surface area contributed by atoms with Gasteiger partial charge in [0.1, 0.15) is 4.90 Å². The number of benzene rings is 1. The zero-order valence-electron chi connectivity index (χ0n) is 11.9. The minimum absolute atomic E-state index is 0.101. The first kappa shape index (κ1) is 17.4. The summed E-state index contributed by atoms with van der Waals surface area (Å²) in [5, 5.41) is 0.203. The van der Waals surface area contributed by atoms with Crippen molar-refractivity contribution in [1.82, 2.24) is 9.62 Å².